The van der Waals surface area contributed by atoms with Gasteiger partial charge in [-0.2, -0.15) is 0 Å². The molecule has 25 heavy (non-hydrogen) atoms. The Hall–Kier alpha value is -2.08. The number of nitrogens with one attached hydrogen (secondary N) is 1. The molecule has 0 saturated carbocycles. The number of benzene rings is 1. The number of urea groups is 1. The van der Waals surface area contributed by atoms with E-state index in [4.69, 9.17) is 4.74 Å². The highest BCUT2D eigenvalue weighted by molar-refractivity contribution is 5.84. The maximum atomic E-state index is 12.7. The van der Waals surface area contributed by atoms with Gasteiger partial charge in [0.25, 0.3) is 0 Å². The van der Waals surface area contributed by atoms with Crippen LogP contribution in [-0.4, -0.2) is 61.6 Å². The molecule has 1 aliphatic carbocycles. The molecule has 3 amide bonds. The Morgan fingerprint density at radius 3 is 2.92 bits per heavy atom. The molecule has 0 bridgehead atoms. The van der Waals surface area contributed by atoms with Crippen molar-refractivity contribution in [1.29, 1.82) is 0 Å². The second-order valence-electron chi connectivity index (χ2n) is 6.96. The Morgan fingerprint density at radius 2 is 2.12 bits per heavy atom. The van der Waals surface area contributed by atoms with Gasteiger partial charge >= 0.3 is 6.03 Å². The first kappa shape index (κ1) is 17.7. The lowest BCUT2D eigenvalue weighted by Crippen LogP contribution is -2.46. The summed E-state index contributed by atoms with van der Waals surface area (Å²) in [6.45, 7) is 4.67. The van der Waals surface area contributed by atoms with Gasteiger partial charge in [-0.3, -0.25) is 4.79 Å². The van der Waals surface area contributed by atoms with Crippen molar-refractivity contribution in [3.05, 3.63) is 35.4 Å². The molecule has 0 spiro atoms. The molecule has 0 aromatic heterocycles. The van der Waals surface area contributed by atoms with E-state index in [-0.39, 0.29) is 24.5 Å². The van der Waals surface area contributed by atoms with Crippen molar-refractivity contribution in [2.24, 2.45) is 5.92 Å². The van der Waals surface area contributed by atoms with Crippen molar-refractivity contribution >= 4 is 11.9 Å². The number of amides is 3. The van der Waals surface area contributed by atoms with Crippen LogP contribution in [0.1, 0.15) is 30.5 Å². The van der Waals surface area contributed by atoms with Crippen molar-refractivity contribution in [3.63, 3.8) is 0 Å². The molecule has 2 aliphatic rings. The molecule has 1 saturated heterocycles. The van der Waals surface area contributed by atoms with Gasteiger partial charge in [-0.1, -0.05) is 31.2 Å². The van der Waals surface area contributed by atoms with Gasteiger partial charge in [0.15, 0.2) is 0 Å². The quantitative estimate of drug-likeness (QED) is 0.905. The molecule has 6 heteroatoms. The van der Waals surface area contributed by atoms with Crippen LogP contribution in [-0.2, 0) is 16.0 Å². The highest BCUT2D eigenvalue weighted by atomic mass is 16.5. The fourth-order valence-electron chi connectivity index (χ4n) is 3.77. The van der Waals surface area contributed by atoms with Gasteiger partial charge in [-0.05, 0) is 29.9 Å². The molecule has 136 valence electrons. The number of hydrogen-bond donors (Lipinski definition) is 1. The van der Waals surface area contributed by atoms with Crippen LogP contribution in [0.4, 0.5) is 4.79 Å². The van der Waals surface area contributed by atoms with E-state index in [0.29, 0.717) is 32.2 Å². The van der Waals surface area contributed by atoms with Gasteiger partial charge in [-0.15, -0.1) is 0 Å². The molecule has 0 radical (unpaired) electrons. The summed E-state index contributed by atoms with van der Waals surface area (Å²) >= 11 is 0. The Kier molecular flexibility index (Phi) is 5.58. The Balaban J connectivity index is 1.63. The minimum Gasteiger partial charge on any atom is -0.383 e. The average molecular weight is 345 g/mol. The SMILES string of the molecule is COCCN1CCCN(C(=O)N[C@H]2c3ccccc3C[C@@H]2C)CC1=O. The van der Waals surface area contributed by atoms with E-state index in [1.807, 2.05) is 12.1 Å². The second-order valence-corrected chi connectivity index (χ2v) is 6.96. The first-order chi connectivity index (χ1) is 12.1. The van der Waals surface area contributed by atoms with E-state index >= 15 is 0 Å². The molecule has 1 N–H and O–H groups in total. The highest BCUT2D eigenvalue weighted by Gasteiger charge is 2.32. The molecule has 3 rings (SSSR count). The van der Waals surface area contributed by atoms with Gasteiger partial charge < -0.3 is 19.9 Å². The standard InChI is InChI=1S/C19H27N3O3/c1-14-12-15-6-3-4-7-16(15)18(14)20-19(24)22-9-5-8-21(10-11-25-2)17(23)13-22/h3-4,6-7,14,18H,5,8-13H2,1-2H3,(H,20,24)/t14-,18+/m0/s1. The fourth-order valence-corrected chi connectivity index (χ4v) is 3.77. The predicted octanol–water partition coefficient (Wildman–Crippen LogP) is 1.81. The topological polar surface area (TPSA) is 61.9 Å². The zero-order valence-corrected chi connectivity index (χ0v) is 15.0. The van der Waals surface area contributed by atoms with Gasteiger partial charge in [0.1, 0.15) is 6.54 Å². The molecule has 1 aliphatic heterocycles. The first-order valence-corrected chi connectivity index (χ1v) is 9.00. The molecule has 1 fully saturated rings. The maximum Gasteiger partial charge on any atom is 0.318 e. The molecule has 1 aromatic carbocycles. The van der Waals surface area contributed by atoms with Gasteiger partial charge in [0, 0.05) is 26.7 Å². The van der Waals surface area contributed by atoms with E-state index in [0.717, 1.165) is 12.8 Å². The number of hydrogen-bond acceptors (Lipinski definition) is 3. The van der Waals surface area contributed by atoms with Crippen molar-refractivity contribution in [3.8, 4) is 0 Å². The van der Waals surface area contributed by atoms with Crippen molar-refractivity contribution in [2.45, 2.75) is 25.8 Å². The number of carbonyl (C=O) groups is 2. The van der Waals surface area contributed by atoms with Crippen LogP contribution in [0.25, 0.3) is 0 Å². The molecular formula is C19H27N3O3. The van der Waals surface area contributed by atoms with Gasteiger partial charge in [-0.25, -0.2) is 4.79 Å². The number of carbonyl (C=O) groups excluding carboxylic acids is 2. The Bertz CT molecular complexity index is 634. The molecule has 0 unspecified atom stereocenters. The van der Waals surface area contributed by atoms with Crippen LogP contribution in [0.5, 0.6) is 0 Å². The molecule has 1 aromatic rings. The number of ether oxygens (including phenoxy) is 1. The lowest BCUT2D eigenvalue weighted by Gasteiger charge is -2.25. The predicted molar refractivity (Wildman–Crippen MR) is 95.2 cm³/mol. The lowest BCUT2D eigenvalue weighted by atomic mass is 10.0. The number of nitrogens with zero attached hydrogens (tertiary/aromatic N) is 2. The first-order valence-electron chi connectivity index (χ1n) is 9.00. The van der Waals surface area contributed by atoms with Crippen molar-refractivity contribution in [2.75, 3.05) is 39.9 Å². The van der Waals surface area contributed by atoms with Crippen LogP contribution in [0.2, 0.25) is 0 Å². The van der Waals surface area contributed by atoms with E-state index in [1.54, 1.807) is 16.9 Å². The summed E-state index contributed by atoms with van der Waals surface area (Å²) in [7, 11) is 1.63. The molecule has 6 nitrogen and oxygen atoms in total. The summed E-state index contributed by atoms with van der Waals surface area (Å²) in [5, 5.41) is 3.15. The smallest absolute Gasteiger partial charge is 0.318 e. The number of rotatable bonds is 4. The summed E-state index contributed by atoms with van der Waals surface area (Å²) in [5.41, 5.74) is 2.50. The summed E-state index contributed by atoms with van der Waals surface area (Å²) in [6.07, 6.45) is 1.77. The Morgan fingerprint density at radius 1 is 1.32 bits per heavy atom. The third-order valence-electron chi connectivity index (χ3n) is 5.17. The lowest BCUT2D eigenvalue weighted by molar-refractivity contribution is -0.131. The third-order valence-corrected chi connectivity index (χ3v) is 5.17. The van der Waals surface area contributed by atoms with Gasteiger partial charge in [0.05, 0.1) is 12.6 Å². The van der Waals surface area contributed by atoms with E-state index in [9.17, 15) is 9.59 Å². The molecule has 2 atom stereocenters. The summed E-state index contributed by atoms with van der Waals surface area (Å²) in [5.74, 6) is 0.354. The summed E-state index contributed by atoms with van der Waals surface area (Å²) in [4.78, 5) is 28.6. The normalized spacial score (nSPS) is 23.4. The van der Waals surface area contributed by atoms with Crippen LogP contribution >= 0.6 is 0 Å². The van der Waals surface area contributed by atoms with E-state index in [2.05, 4.69) is 24.4 Å². The van der Waals surface area contributed by atoms with Crippen molar-refractivity contribution < 1.29 is 14.3 Å². The minimum atomic E-state index is -0.143. The zero-order chi connectivity index (χ0) is 17.8. The second kappa shape index (κ2) is 7.87. The largest absolute Gasteiger partial charge is 0.383 e. The zero-order valence-electron chi connectivity index (χ0n) is 15.0. The average Bonchev–Trinajstić information content (AvgIpc) is 2.79. The molecule has 1 heterocycles. The van der Waals surface area contributed by atoms with Gasteiger partial charge in [0.2, 0.25) is 5.91 Å². The monoisotopic (exact) mass is 345 g/mol. The summed E-state index contributed by atoms with van der Waals surface area (Å²) < 4.78 is 5.05. The van der Waals surface area contributed by atoms with Crippen LogP contribution < -0.4 is 5.32 Å². The molecular weight excluding hydrogens is 318 g/mol. The van der Waals surface area contributed by atoms with E-state index < -0.39 is 0 Å². The number of fused-ring (bicyclic) bond motifs is 1. The van der Waals surface area contributed by atoms with E-state index in [1.165, 1.54) is 11.1 Å². The number of methoxy groups -OCH3 is 1. The Labute approximate surface area is 149 Å². The van der Waals surface area contributed by atoms with Crippen LogP contribution in [0.3, 0.4) is 0 Å². The van der Waals surface area contributed by atoms with Crippen molar-refractivity contribution in [1.82, 2.24) is 15.1 Å². The third kappa shape index (κ3) is 3.95. The van der Waals surface area contributed by atoms with Crippen LogP contribution in [0, 0.1) is 5.92 Å². The maximum absolute atomic E-state index is 12.7. The minimum absolute atomic E-state index is 0.00966. The highest BCUT2D eigenvalue weighted by Crippen LogP contribution is 2.35. The summed E-state index contributed by atoms with van der Waals surface area (Å²) in [6, 6.07) is 8.14. The van der Waals surface area contributed by atoms with Crippen LogP contribution in [0.15, 0.2) is 24.3 Å². The fraction of sp³-hybridized carbons (Fsp3) is 0.579.